The first-order chi connectivity index (χ1) is 27.6. The molecule has 1 aliphatic carbocycles. The van der Waals surface area contributed by atoms with Crippen molar-refractivity contribution in [2.45, 2.75) is 53.0 Å². The van der Waals surface area contributed by atoms with Crippen molar-refractivity contribution in [2.75, 3.05) is 0 Å². The molecule has 0 atom stereocenters. The molecule has 13 nitrogen and oxygen atoms in total. The third-order valence-corrected chi connectivity index (χ3v) is 2.17. The molecule has 0 amide bonds. The number of pyridine rings is 1. The molecule has 70 heavy (non-hydrogen) atoms. The van der Waals surface area contributed by atoms with Crippen molar-refractivity contribution in [1.82, 2.24) is 4.98 Å². The molecular weight excluding hydrogens is 2150 g/mol. The second-order valence-electron chi connectivity index (χ2n) is 3.50. The minimum Gasteiger partial charge on any atom is -0.693 e. The molecule has 1 saturated carbocycles. The average molecular weight is 2250 g/mol. The maximum atomic E-state index is 7.27. The molecule has 2 rings (SSSR count). The van der Waals surface area contributed by atoms with Gasteiger partial charge in [0.05, 0.1) is 0 Å². The maximum absolute atomic E-state index is 7.27. The Kier molecular flexibility index (Phi) is 3670. The molecule has 0 aliphatic heterocycles. The van der Waals surface area contributed by atoms with Crippen LogP contribution in [0.25, 0.3) is 73.4 Å². The zero-order valence-electron chi connectivity index (χ0n) is 38.5. The molecule has 0 aromatic carbocycles. The van der Waals surface area contributed by atoms with E-state index in [0.29, 0.717) is 0 Å². The van der Waals surface area contributed by atoms with Crippen molar-refractivity contribution < 1.29 is 108 Å². The van der Waals surface area contributed by atoms with Crippen LogP contribution in [0.3, 0.4) is 0 Å². The summed E-state index contributed by atoms with van der Waals surface area (Å²) >= 11 is 1.81. The fourth-order valence-corrected chi connectivity index (χ4v) is 1.42. The average Bonchev–Trinajstić information content (AvgIpc) is 3.36. The number of halogens is 8. The third kappa shape index (κ3) is 1390. The maximum Gasteiger partial charge on any atom is 0.0267 e. The van der Waals surface area contributed by atoms with Gasteiger partial charge in [0, 0.05) is 33.5 Å². The number of rotatable bonds is 0. The van der Waals surface area contributed by atoms with Gasteiger partial charge in [0.15, 0.2) is 0 Å². The number of hydrogen-bond donors (Lipinski definition) is 0. The SMILES string of the molecule is C.C.[CH-]=C.[CH-]=C.[CH-]=C.[CH-]=C.[CH-]=C.[CH-]=C.[CH-]=C.[CH-]=C.[CH-]=C.[CH-]=C.[CH-]=C.[CH-]=C.[CH-]=C.[CH-]=C.[CH-]=C.[Cl][Pt].[Cl][Pt].[Cl][Pt][Cl].[Cl][Pt][Cl].[Cl][Pt][Cl].[NH-]C1CCCCC1.[NH2-].[NH2-].[NH2-].[NH2-].[NH2-].[NH2-].[NH2-].[NH2-].[NH2-].[NH2-].[NH2-].[Pt].c1ccncc1. The minimum absolute atomic E-state index is 0. The first kappa shape index (κ1) is 253. The summed E-state index contributed by atoms with van der Waals surface area (Å²) in [5, 5.41) is 0. The molecule has 0 unspecified atom stereocenters. The predicted molar refractivity (Wildman–Crippen MR) is 323 cm³/mol. The van der Waals surface area contributed by atoms with Crippen LogP contribution in [0.4, 0.5) is 0 Å². The molecule has 0 spiro atoms. The second kappa shape index (κ2) is 1010. The fourth-order valence-electron chi connectivity index (χ4n) is 1.42. The van der Waals surface area contributed by atoms with Gasteiger partial charge in [-0.05, 0) is 12.1 Å². The summed E-state index contributed by atoms with van der Waals surface area (Å²) in [7, 11) is 38.5. The normalized spacial score (nSPS) is 5.21. The molecular formula is C43H92Cl8N13Pt6-27. The van der Waals surface area contributed by atoms with Crippen molar-refractivity contribution in [1.29, 1.82) is 0 Å². The van der Waals surface area contributed by atoms with E-state index in [-0.39, 0.29) is 110 Å². The third-order valence-electron chi connectivity index (χ3n) is 2.17. The van der Waals surface area contributed by atoms with Crippen molar-refractivity contribution in [3.05, 3.63) is 301 Å². The number of hydrogen-bond acceptors (Lipinski definition) is 1. The molecule has 472 valence electrons. The standard InChI is InChI=1S/C6H12N.C5H5N.15C2H3.2CH4.8ClH.11H2N.6Pt/c7-6-4-2-1-3-5-6;1-2-4-6-5-3-1;15*1-2;;;;;;;;;;;;;;;;;;;;;;;;;;;/h6-7H,1-5H2;1-5H;15*1H,2H2;2*1H4;8*1H;11*1H2;;;;;;/q-1;;15*-1;;;;;;;;;;;11*-1;;2*+1;3*+2/p-8. The Hall–Kier alpha value is 1.22. The summed E-state index contributed by atoms with van der Waals surface area (Å²) in [4.78, 5) is 3.78. The Bertz CT molecular complexity index is 435. The van der Waals surface area contributed by atoms with E-state index in [9.17, 15) is 0 Å². The quantitative estimate of drug-likeness (QED) is 0.225. The van der Waals surface area contributed by atoms with Crippen LogP contribution in [0.15, 0.2) is 129 Å². The van der Waals surface area contributed by atoms with E-state index in [2.05, 4.69) is 221 Å². The number of nitrogens with two attached hydrogens (primary N) is 11. The Morgan fingerprint density at radius 2 is 0.457 bits per heavy atom. The number of nitrogens with zero attached hydrogens (tertiary/aromatic N) is 1. The summed E-state index contributed by atoms with van der Waals surface area (Å²) in [5.41, 5.74) is 7.27. The van der Waals surface area contributed by atoms with E-state index in [1.165, 1.54) is 19.3 Å². The van der Waals surface area contributed by atoms with E-state index in [4.69, 9.17) is 62.2 Å². The van der Waals surface area contributed by atoms with Crippen LogP contribution >= 0.6 is 75.3 Å². The summed E-state index contributed by atoms with van der Waals surface area (Å²) in [5.74, 6) is 0. The van der Waals surface area contributed by atoms with E-state index >= 15 is 0 Å². The first-order valence-corrected chi connectivity index (χ1v) is 34.6. The van der Waals surface area contributed by atoms with Gasteiger partial charge >= 0.3 is 162 Å². The van der Waals surface area contributed by atoms with Gasteiger partial charge in [-0.2, -0.15) is 0 Å². The Balaban J connectivity index is -0.00000000612. The zero-order chi connectivity index (χ0) is 51.5. The van der Waals surface area contributed by atoms with E-state index in [1.807, 2.05) is 18.2 Å². The second-order valence-corrected chi connectivity index (χ2v) is 13.3. The van der Waals surface area contributed by atoms with Crippen LogP contribution < -0.4 is 0 Å². The predicted octanol–water partition coefficient (Wildman–Crippen LogP) is 27.2. The van der Waals surface area contributed by atoms with Crippen LogP contribution in [0.5, 0.6) is 0 Å². The number of aromatic nitrogens is 1. The molecule has 23 N–H and O–H groups in total. The van der Waals surface area contributed by atoms with E-state index in [0.717, 1.165) is 12.8 Å². The molecule has 1 aromatic heterocycles. The fraction of sp³-hybridized carbons (Fsp3) is 0.186. The molecule has 1 heterocycles. The van der Waals surface area contributed by atoms with Crippen LogP contribution in [0.1, 0.15) is 47.0 Å². The minimum atomic E-state index is -0.472. The van der Waals surface area contributed by atoms with Gasteiger partial charge < -0.3 is 172 Å². The number of nitrogens with one attached hydrogen (secondary N) is 1. The smallest absolute Gasteiger partial charge is 0.0267 e. The van der Waals surface area contributed by atoms with Crippen molar-refractivity contribution >= 4 is 75.3 Å². The topological polar surface area (TPSA) is 405 Å². The van der Waals surface area contributed by atoms with Gasteiger partial charge in [-0.1, -0.05) is 53.0 Å². The molecule has 1 fully saturated rings. The van der Waals surface area contributed by atoms with Crippen molar-refractivity contribution in [3.8, 4) is 0 Å². The van der Waals surface area contributed by atoms with Crippen LogP contribution in [0.2, 0.25) is 0 Å². The first-order valence-electron chi connectivity index (χ1n) is 12.0. The summed E-state index contributed by atoms with van der Waals surface area (Å²) in [6.07, 6.45) is 9.78. The van der Waals surface area contributed by atoms with Gasteiger partial charge in [0.2, 0.25) is 0 Å². The Morgan fingerprint density at radius 3 is 0.500 bits per heavy atom. The molecule has 1 aromatic rings. The van der Waals surface area contributed by atoms with Crippen LogP contribution in [-0.2, 0) is 108 Å². The Morgan fingerprint density at radius 1 is 0.343 bits per heavy atom. The summed E-state index contributed by atoms with van der Waals surface area (Å²) < 4.78 is 0. The summed E-state index contributed by atoms with van der Waals surface area (Å²) in [6.45, 7) is 105. The molecule has 0 saturated heterocycles. The molecule has 0 radical (unpaired) electrons. The van der Waals surface area contributed by atoms with E-state index in [1.54, 1.807) is 49.9 Å². The van der Waals surface area contributed by atoms with Crippen molar-refractivity contribution in [3.63, 3.8) is 0 Å². The molecule has 27 heteroatoms. The van der Waals surface area contributed by atoms with Gasteiger partial charge in [0.25, 0.3) is 0 Å². The monoisotopic (exact) mass is 2240 g/mol. The molecule has 0 bridgehead atoms. The molecule has 1 aliphatic rings. The van der Waals surface area contributed by atoms with Gasteiger partial charge in [-0.25, -0.2) is 0 Å². The van der Waals surface area contributed by atoms with Crippen LogP contribution in [0, 0.1) is 98.7 Å². The Labute approximate surface area is 535 Å². The zero-order valence-corrected chi connectivity index (χ0v) is 58.2. The van der Waals surface area contributed by atoms with Crippen LogP contribution in [-0.4, -0.2) is 11.0 Å². The van der Waals surface area contributed by atoms with Gasteiger partial charge in [0.1, 0.15) is 0 Å². The van der Waals surface area contributed by atoms with Gasteiger partial charge in [-0.15, -0.1) is 6.04 Å². The summed E-state index contributed by atoms with van der Waals surface area (Å²) in [6, 6.07) is 6.00. The van der Waals surface area contributed by atoms with Crippen molar-refractivity contribution in [2.24, 2.45) is 0 Å². The van der Waals surface area contributed by atoms with E-state index < -0.39 is 49.4 Å². The largest absolute Gasteiger partial charge is 0.693 e. The van der Waals surface area contributed by atoms with Gasteiger partial charge in [-0.3, -0.25) is 104 Å².